The van der Waals surface area contributed by atoms with Crippen LogP contribution in [0, 0.1) is 11.8 Å². The summed E-state index contributed by atoms with van der Waals surface area (Å²) in [5.74, 6) is 1.87. The Kier molecular flexibility index (Phi) is 6.56. The molecule has 1 heterocycles. The summed E-state index contributed by atoms with van der Waals surface area (Å²) in [6.07, 6.45) is 12.1. The van der Waals surface area contributed by atoms with E-state index in [2.05, 4.69) is 22.3 Å². The van der Waals surface area contributed by atoms with Crippen LogP contribution in [0.15, 0.2) is 30.3 Å². The van der Waals surface area contributed by atoms with E-state index < -0.39 is 5.41 Å². The first-order chi connectivity index (χ1) is 14.2. The second-order valence-corrected chi connectivity index (χ2v) is 9.45. The molecule has 0 aromatic heterocycles. The number of rotatable bonds is 5. The molecule has 1 aromatic rings. The van der Waals surface area contributed by atoms with Crippen molar-refractivity contribution >= 4 is 11.8 Å². The molecule has 2 saturated carbocycles. The molecule has 1 aromatic carbocycles. The van der Waals surface area contributed by atoms with Crippen LogP contribution in [0.1, 0.15) is 76.2 Å². The summed E-state index contributed by atoms with van der Waals surface area (Å²) in [5.41, 5.74) is 0.714. The lowest BCUT2D eigenvalue weighted by atomic mass is 9.68. The largest absolute Gasteiger partial charge is 0.355 e. The van der Waals surface area contributed by atoms with E-state index >= 15 is 0 Å². The third-order valence-corrected chi connectivity index (χ3v) is 7.74. The maximum Gasteiger partial charge on any atom is 0.230 e. The van der Waals surface area contributed by atoms with Crippen molar-refractivity contribution in [1.29, 1.82) is 0 Å². The predicted octanol–water partition coefficient (Wildman–Crippen LogP) is 4.43. The number of carbonyl (C=O) groups excluding carboxylic acids is 2. The van der Waals surface area contributed by atoms with E-state index in [0.29, 0.717) is 18.9 Å². The van der Waals surface area contributed by atoms with Crippen LogP contribution in [0.2, 0.25) is 0 Å². The second-order valence-electron chi connectivity index (χ2n) is 9.45. The van der Waals surface area contributed by atoms with E-state index in [9.17, 15) is 9.59 Å². The van der Waals surface area contributed by atoms with Gasteiger partial charge in [-0.3, -0.25) is 9.59 Å². The Balaban J connectivity index is 1.31. The van der Waals surface area contributed by atoms with E-state index in [1.807, 2.05) is 18.2 Å². The summed E-state index contributed by atoms with van der Waals surface area (Å²) in [6, 6.07) is 10.2. The van der Waals surface area contributed by atoms with E-state index in [1.54, 1.807) is 0 Å². The van der Waals surface area contributed by atoms with Gasteiger partial charge >= 0.3 is 0 Å². The van der Waals surface area contributed by atoms with Gasteiger partial charge in [-0.2, -0.15) is 0 Å². The number of benzene rings is 1. The summed E-state index contributed by atoms with van der Waals surface area (Å²) < 4.78 is 0. The highest BCUT2D eigenvalue weighted by Gasteiger charge is 2.41. The summed E-state index contributed by atoms with van der Waals surface area (Å²) in [7, 11) is 0. The normalized spacial score (nSPS) is 26.4. The van der Waals surface area contributed by atoms with Crippen LogP contribution in [-0.4, -0.2) is 36.3 Å². The monoisotopic (exact) mass is 396 g/mol. The van der Waals surface area contributed by atoms with Gasteiger partial charge in [-0.1, -0.05) is 68.9 Å². The Morgan fingerprint density at radius 2 is 1.66 bits per heavy atom. The topological polar surface area (TPSA) is 49.4 Å². The highest BCUT2D eigenvalue weighted by Crippen LogP contribution is 2.40. The van der Waals surface area contributed by atoms with Gasteiger partial charge in [0.15, 0.2) is 0 Å². The number of nitrogens with zero attached hydrogens (tertiary/aromatic N) is 1. The molecular weight excluding hydrogens is 360 g/mol. The molecule has 0 bridgehead atoms. The van der Waals surface area contributed by atoms with Crippen molar-refractivity contribution in [2.24, 2.45) is 11.8 Å². The van der Waals surface area contributed by atoms with Gasteiger partial charge in [0.2, 0.25) is 11.8 Å². The zero-order valence-corrected chi connectivity index (χ0v) is 17.7. The highest BCUT2D eigenvalue weighted by atomic mass is 16.2. The van der Waals surface area contributed by atoms with Crippen LogP contribution in [0.4, 0.5) is 0 Å². The van der Waals surface area contributed by atoms with Crippen molar-refractivity contribution in [2.75, 3.05) is 19.6 Å². The fraction of sp³-hybridized carbons (Fsp3) is 0.680. The lowest BCUT2D eigenvalue weighted by Crippen LogP contribution is -2.48. The molecule has 2 aliphatic carbocycles. The van der Waals surface area contributed by atoms with Crippen molar-refractivity contribution < 1.29 is 9.59 Å². The number of hydrogen-bond acceptors (Lipinski definition) is 2. The number of carbonyl (C=O) groups is 2. The first-order valence-electron chi connectivity index (χ1n) is 11.8. The fourth-order valence-electron chi connectivity index (χ4n) is 6.00. The molecule has 4 rings (SSSR count). The molecule has 0 spiro atoms. The summed E-state index contributed by atoms with van der Waals surface area (Å²) >= 11 is 0. The number of piperidine rings is 1. The van der Waals surface area contributed by atoms with Gasteiger partial charge in [0, 0.05) is 26.1 Å². The lowest BCUT2D eigenvalue weighted by molar-refractivity contribution is -0.134. The first-order valence-corrected chi connectivity index (χ1v) is 11.8. The molecule has 2 amide bonds. The second kappa shape index (κ2) is 9.32. The molecule has 2 unspecified atom stereocenters. The molecule has 29 heavy (non-hydrogen) atoms. The van der Waals surface area contributed by atoms with Gasteiger partial charge in [0.25, 0.3) is 0 Å². The molecule has 3 aliphatic rings. The van der Waals surface area contributed by atoms with Crippen LogP contribution in [0.3, 0.4) is 0 Å². The van der Waals surface area contributed by atoms with Gasteiger partial charge < -0.3 is 10.2 Å². The molecule has 158 valence electrons. The minimum atomic E-state index is -0.414. The third kappa shape index (κ3) is 4.51. The fourth-order valence-corrected chi connectivity index (χ4v) is 6.00. The first kappa shape index (κ1) is 20.4. The van der Waals surface area contributed by atoms with Gasteiger partial charge in [-0.05, 0) is 43.1 Å². The third-order valence-electron chi connectivity index (χ3n) is 7.74. The minimum absolute atomic E-state index is 0.113. The van der Waals surface area contributed by atoms with Crippen LogP contribution in [0.5, 0.6) is 0 Å². The van der Waals surface area contributed by atoms with Crippen molar-refractivity contribution in [3.05, 3.63) is 35.9 Å². The molecule has 1 aliphatic heterocycles. The minimum Gasteiger partial charge on any atom is -0.355 e. The van der Waals surface area contributed by atoms with E-state index in [4.69, 9.17) is 0 Å². The molecule has 1 saturated heterocycles. The Hall–Kier alpha value is -1.84. The zero-order valence-electron chi connectivity index (χ0n) is 17.7. The Morgan fingerprint density at radius 3 is 2.41 bits per heavy atom. The van der Waals surface area contributed by atoms with Crippen molar-refractivity contribution in [3.63, 3.8) is 0 Å². The Labute approximate surface area is 175 Å². The number of likely N-dealkylation sites (tertiary alicyclic amines) is 1. The molecule has 3 fully saturated rings. The number of amides is 2. The average molecular weight is 397 g/mol. The zero-order chi connectivity index (χ0) is 20.1. The van der Waals surface area contributed by atoms with Gasteiger partial charge in [0.1, 0.15) is 0 Å². The SMILES string of the molecule is O=C(CCNC(=O)C1(c2ccccc2)CCCCC1)N1CCC2CCCCC2C1. The smallest absolute Gasteiger partial charge is 0.230 e. The van der Waals surface area contributed by atoms with Crippen LogP contribution < -0.4 is 5.32 Å². The predicted molar refractivity (Wildman–Crippen MR) is 115 cm³/mol. The van der Waals surface area contributed by atoms with Crippen LogP contribution >= 0.6 is 0 Å². The van der Waals surface area contributed by atoms with Crippen LogP contribution in [0.25, 0.3) is 0 Å². The molecule has 4 nitrogen and oxygen atoms in total. The van der Waals surface area contributed by atoms with Crippen molar-refractivity contribution in [1.82, 2.24) is 10.2 Å². The van der Waals surface area contributed by atoms with E-state index in [-0.39, 0.29) is 11.8 Å². The molecule has 0 radical (unpaired) electrons. The summed E-state index contributed by atoms with van der Waals surface area (Å²) in [5, 5.41) is 3.13. The summed E-state index contributed by atoms with van der Waals surface area (Å²) in [6.45, 7) is 2.30. The highest BCUT2D eigenvalue weighted by molar-refractivity contribution is 5.88. The quantitative estimate of drug-likeness (QED) is 0.800. The van der Waals surface area contributed by atoms with Crippen LogP contribution in [-0.2, 0) is 15.0 Å². The number of nitrogens with one attached hydrogen (secondary N) is 1. The molecule has 4 heteroatoms. The van der Waals surface area contributed by atoms with E-state index in [0.717, 1.165) is 50.3 Å². The van der Waals surface area contributed by atoms with Gasteiger partial charge in [-0.15, -0.1) is 0 Å². The number of fused-ring (bicyclic) bond motifs is 1. The van der Waals surface area contributed by atoms with Crippen molar-refractivity contribution in [2.45, 2.75) is 76.0 Å². The summed E-state index contributed by atoms with van der Waals surface area (Å²) in [4.78, 5) is 28.0. The van der Waals surface area contributed by atoms with E-state index in [1.165, 1.54) is 38.5 Å². The average Bonchev–Trinajstić information content (AvgIpc) is 2.79. The Morgan fingerprint density at radius 1 is 0.931 bits per heavy atom. The lowest BCUT2D eigenvalue weighted by Gasteiger charge is -2.41. The molecular formula is C25H36N2O2. The maximum absolute atomic E-state index is 13.2. The molecule has 1 N–H and O–H groups in total. The number of hydrogen-bond donors (Lipinski definition) is 1. The Bertz CT molecular complexity index is 696. The van der Waals surface area contributed by atoms with Crippen molar-refractivity contribution in [3.8, 4) is 0 Å². The van der Waals surface area contributed by atoms with Gasteiger partial charge in [0.05, 0.1) is 5.41 Å². The molecule has 2 atom stereocenters. The maximum atomic E-state index is 13.2. The standard InChI is InChI=1S/C25H36N2O2/c28-23(27-18-14-20-9-5-6-10-21(20)19-27)13-17-26-24(29)25(15-7-2-8-16-25)22-11-3-1-4-12-22/h1,3-4,11-12,20-21H,2,5-10,13-19H2,(H,26,29). The van der Waals surface area contributed by atoms with Gasteiger partial charge in [-0.25, -0.2) is 0 Å².